The molecule has 2 aromatic carbocycles. The van der Waals surface area contributed by atoms with E-state index in [0.29, 0.717) is 16.3 Å². The summed E-state index contributed by atoms with van der Waals surface area (Å²) in [4.78, 5) is 22.7. The molecule has 2 aromatic rings. The van der Waals surface area contributed by atoms with E-state index in [1.807, 2.05) is 6.92 Å². The fourth-order valence-electron chi connectivity index (χ4n) is 1.99. The van der Waals surface area contributed by atoms with Crippen LogP contribution in [0.4, 0.5) is 11.4 Å². The van der Waals surface area contributed by atoms with Gasteiger partial charge in [-0.3, -0.25) is 14.9 Å². The number of carbonyl (C=O) groups is 1. The third-order valence-corrected chi connectivity index (χ3v) is 3.43. The first kappa shape index (κ1) is 15.0. The van der Waals surface area contributed by atoms with Crippen molar-refractivity contribution in [1.82, 2.24) is 0 Å². The highest BCUT2D eigenvalue weighted by Gasteiger charge is 2.18. The van der Waals surface area contributed by atoms with E-state index < -0.39 is 10.8 Å². The van der Waals surface area contributed by atoms with Crippen molar-refractivity contribution in [2.24, 2.45) is 0 Å². The summed E-state index contributed by atoms with van der Waals surface area (Å²) < 4.78 is 0. The second kappa shape index (κ2) is 5.93. The zero-order valence-electron chi connectivity index (χ0n) is 11.5. The van der Waals surface area contributed by atoms with Gasteiger partial charge in [0.15, 0.2) is 0 Å². The van der Waals surface area contributed by atoms with E-state index in [0.717, 1.165) is 5.56 Å². The second-order valence-corrected chi connectivity index (χ2v) is 5.06. The van der Waals surface area contributed by atoms with Gasteiger partial charge in [-0.05, 0) is 37.6 Å². The van der Waals surface area contributed by atoms with Crippen LogP contribution in [-0.4, -0.2) is 10.8 Å². The SMILES string of the molecule is Cc1ccc(Cl)cc1NC(=O)c1cccc([N+](=O)[O-])c1C. The Labute approximate surface area is 126 Å². The largest absolute Gasteiger partial charge is 0.322 e. The fourth-order valence-corrected chi connectivity index (χ4v) is 2.16. The number of nitrogens with zero attached hydrogens (tertiary/aromatic N) is 1. The van der Waals surface area contributed by atoms with Crippen molar-refractivity contribution in [3.63, 3.8) is 0 Å². The van der Waals surface area contributed by atoms with Crippen LogP contribution in [-0.2, 0) is 0 Å². The van der Waals surface area contributed by atoms with Gasteiger partial charge >= 0.3 is 0 Å². The predicted molar refractivity (Wildman–Crippen MR) is 82.0 cm³/mol. The van der Waals surface area contributed by atoms with E-state index in [-0.39, 0.29) is 11.3 Å². The van der Waals surface area contributed by atoms with Crippen molar-refractivity contribution in [3.05, 3.63) is 68.2 Å². The van der Waals surface area contributed by atoms with Gasteiger partial charge in [0.1, 0.15) is 0 Å². The van der Waals surface area contributed by atoms with E-state index in [2.05, 4.69) is 5.32 Å². The molecule has 0 saturated carbocycles. The monoisotopic (exact) mass is 304 g/mol. The summed E-state index contributed by atoms with van der Waals surface area (Å²) in [5.41, 5.74) is 1.96. The molecule has 0 aliphatic rings. The van der Waals surface area contributed by atoms with Crippen LogP contribution < -0.4 is 5.32 Å². The van der Waals surface area contributed by atoms with E-state index in [4.69, 9.17) is 11.6 Å². The molecule has 0 bridgehead atoms. The maximum Gasteiger partial charge on any atom is 0.273 e. The minimum Gasteiger partial charge on any atom is -0.322 e. The van der Waals surface area contributed by atoms with Crippen molar-refractivity contribution in [3.8, 4) is 0 Å². The van der Waals surface area contributed by atoms with Gasteiger partial charge in [0.2, 0.25) is 0 Å². The Balaban J connectivity index is 2.35. The van der Waals surface area contributed by atoms with Crippen molar-refractivity contribution in [1.29, 1.82) is 0 Å². The molecule has 108 valence electrons. The number of hydrogen-bond donors (Lipinski definition) is 1. The van der Waals surface area contributed by atoms with Gasteiger partial charge < -0.3 is 5.32 Å². The molecule has 2 rings (SSSR count). The zero-order valence-corrected chi connectivity index (χ0v) is 12.3. The Morgan fingerprint density at radius 2 is 1.95 bits per heavy atom. The molecule has 6 heteroatoms. The molecular weight excluding hydrogens is 292 g/mol. The average Bonchev–Trinajstić information content (AvgIpc) is 2.42. The number of aryl methyl sites for hydroxylation is 1. The lowest BCUT2D eigenvalue weighted by atomic mass is 10.1. The number of amides is 1. The molecule has 0 spiro atoms. The Kier molecular flexibility index (Phi) is 4.23. The smallest absolute Gasteiger partial charge is 0.273 e. The molecule has 0 aliphatic carbocycles. The summed E-state index contributed by atoms with van der Waals surface area (Å²) in [5.74, 6) is -0.401. The molecule has 0 radical (unpaired) electrons. The lowest BCUT2D eigenvalue weighted by molar-refractivity contribution is -0.385. The maximum absolute atomic E-state index is 12.3. The van der Waals surface area contributed by atoms with Crippen LogP contribution >= 0.6 is 11.6 Å². The first-order chi connectivity index (χ1) is 9.90. The number of hydrogen-bond acceptors (Lipinski definition) is 3. The highest BCUT2D eigenvalue weighted by atomic mass is 35.5. The van der Waals surface area contributed by atoms with Crippen molar-refractivity contribution >= 4 is 28.9 Å². The van der Waals surface area contributed by atoms with E-state index in [9.17, 15) is 14.9 Å². The third kappa shape index (κ3) is 3.20. The molecule has 1 N–H and O–H groups in total. The Morgan fingerprint density at radius 1 is 1.24 bits per heavy atom. The van der Waals surface area contributed by atoms with Gasteiger partial charge in [-0.15, -0.1) is 0 Å². The van der Waals surface area contributed by atoms with Gasteiger partial charge in [0.05, 0.1) is 4.92 Å². The number of rotatable bonds is 3. The van der Waals surface area contributed by atoms with Crippen molar-refractivity contribution < 1.29 is 9.72 Å². The van der Waals surface area contributed by atoms with Crippen LogP contribution in [0.2, 0.25) is 5.02 Å². The topological polar surface area (TPSA) is 72.2 Å². The van der Waals surface area contributed by atoms with Gasteiger partial charge in [-0.1, -0.05) is 23.7 Å². The molecule has 0 aliphatic heterocycles. The van der Waals surface area contributed by atoms with Crippen molar-refractivity contribution in [2.75, 3.05) is 5.32 Å². The molecule has 5 nitrogen and oxygen atoms in total. The Hall–Kier alpha value is -2.40. The highest BCUT2D eigenvalue weighted by molar-refractivity contribution is 6.31. The quantitative estimate of drug-likeness (QED) is 0.685. The maximum atomic E-state index is 12.3. The van der Waals surface area contributed by atoms with Crippen LogP contribution in [0.15, 0.2) is 36.4 Å². The number of nitro benzene ring substituents is 1. The van der Waals surface area contributed by atoms with Crippen LogP contribution in [0.1, 0.15) is 21.5 Å². The normalized spacial score (nSPS) is 10.2. The Bertz CT molecular complexity index is 729. The minimum atomic E-state index is -0.503. The van der Waals surface area contributed by atoms with Crippen molar-refractivity contribution in [2.45, 2.75) is 13.8 Å². The minimum absolute atomic E-state index is 0.0783. The molecule has 1 amide bonds. The summed E-state index contributed by atoms with van der Waals surface area (Å²) in [7, 11) is 0. The second-order valence-electron chi connectivity index (χ2n) is 4.62. The molecule has 0 atom stereocenters. The van der Waals surface area contributed by atoms with E-state index in [1.54, 1.807) is 31.2 Å². The number of carbonyl (C=O) groups excluding carboxylic acids is 1. The molecule has 0 aromatic heterocycles. The van der Waals surface area contributed by atoms with Crippen LogP contribution in [0.25, 0.3) is 0 Å². The van der Waals surface area contributed by atoms with Gasteiger partial charge in [-0.2, -0.15) is 0 Å². The van der Waals surface area contributed by atoms with Crippen LogP contribution in [0.5, 0.6) is 0 Å². The molecule has 21 heavy (non-hydrogen) atoms. The number of halogens is 1. The average molecular weight is 305 g/mol. The van der Waals surface area contributed by atoms with E-state index >= 15 is 0 Å². The first-order valence-corrected chi connectivity index (χ1v) is 6.59. The fraction of sp³-hybridized carbons (Fsp3) is 0.133. The highest BCUT2D eigenvalue weighted by Crippen LogP contribution is 2.24. The van der Waals surface area contributed by atoms with Gasteiger partial charge in [0, 0.05) is 27.9 Å². The number of nitrogens with one attached hydrogen (secondary N) is 1. The summed E-state index contributed by atoms with van der Waals surface area (Å²) >= 11 is 5.90. The number of anilines is 1. The molecule has 0 heterocycles. The third-order valence-electron chi connectivity index (χ3n) is 3.19. The molecular formula is C15H13ClN2O3. The predicted octanol–water partition coefficient (Wildman–Crippen LogP) is 4.12. The zero-order chi connectivity index (χ0) is 15.6. The lowest BCUT2D eigenvalue weighted by Gasteiger charge is -2.10. The lowest BCUT2D eigenvalue weighted by Crippen LogP contribution is -2.14. The van der Waals surface area contributed by atoms with E-state index in [1.165, 1.54) is 12.1 Å². The summed E-state index contributed by atoms with van der Waals surface area (Å²) in [6, 6.07) is 9.57. The van der Waals surface area contributed by atoms with Gasteiger partial charge in [-0.25, -0.2) is 0 Å². The van der Waals surface area contributed by atoms with Crippen LogP contribution in [0.3, 0.4) is 0 Å². The van der Waals surface area contributed by atoms with Gasteiger partial charge in [0.25, 0.3) is 11.6 Å². The molecule has 0 unspecified atom stereocenters. The molecule has 0 saturated heterocycles. The van der Waals surface area contributed by atoms with Crippen LogP contribution in [0, 0.1) is 24.0 Å². The number of nitro groups is 1. The summed E-state index contributed by atoms with van der Waals surface area (Å²) in [5, 5.41) is 14.1. The Morgan fingerprint density at radius 3 is 2.62 bits per heavy atom. The number of benzene rings is 2. The summed E-state index contributed by atoms with van der Waals surface area (Å²) in [6.45, 7) is 3.39. The molecule has 0 fully saturated rings. The standard InChI is InChI=1S/C15H13ClN2O3/c1-9-6-7-11(16)8-13(9)17-15(19)12-4-3-5-14(10(12)2)18(20)21/h3-8H,1-2H3,(H,17,19). The first-order valence-electron chi connectivity index (χ1n) is 6.21. The summed E-state index contributed by atoms with van der Waals surface area (Å²) in [6.07, 6.45) is 0.